The number of nitrogens with one attached hydrogen (secondary N) is 2. The third kappa shape index (κ3) is 5.05. The summed E-state index contributed by atoms with van der Waals surface area (Å²) in [6, 6.07) is 10.6. The molecule has 9 heteroatoms. The van der Waals surface area contributed by atoms with Crippen molar-refractivity contribution >= 4 is 35.2 Å². The summed E-state index contributed by atoms with van der Waals surface area (Å²) in [5.74, 6) is -0.593. The van der Waals surface area contributed by atoms with Crippen molar-refractivity contribution in [1.29, 1.82) is 0 Å². The Hall–Kier alpha value is -3.39. The van der Waals surface area contributed by atoms with Crippen LogP contribution in [-0.4, -0.2) is 23.8 Å². The van der Waals surface area contributed by atoms with E-state index in [0.717, 1.165) is 11.6 Å². The molecular formula is C17H14ClN3O5. The van der Waals surface area contributed by atoms with E-state index in [4.69, 9.17) is 16.3 Å². The summed E-state index contributed by atoms with van der Waals surface area (Å²) in [4.78, 5) is 33.8. The van der Waals surface area contributed by atoms with E-state index in [1.165, 1.54) is 18.2 Å². The summed E-state index contributed by atoms with van der Waals surface area (Å²) in [5, 5.41) is 10.7. The minimum Gasteiger partial charge on any atom is -0.497 e. The molecule has 0 radical (unpaired) electrons. The Balaban J connectivity index is 1.94. The van der Waals surface area contributed by atoms with Crippen molar-refractivity contribution < 1.29 is 19.2 Å². The van der Waals surface area contributed by atoms with Crippen LogP contribution in [-0.2, 0) is 4.79 Å². The van der Waals surface area contributed by atoms with Crippen LogP contribution in [0.3, 0.4) is 0 Å². The van der Waals surface area contributed by atoms with Gasteiger partial charge in [-0.1, -0.05) is 23.7 Å². The number of hydrogen-bond acceptors (Lipinski definition) is 5. The Kier molecular flexibility index (Phi) is 6.29. The Morgan fingerprint density at radius 3 is 2.46 bits per heavy atom. The predicted molar refractivity (Wildman–Crippen MR) is 95.7 cm³/mol. The average molecular weight is 376 g/mol. The van der Waals surface area contributed by atoms with Crippen molar-refractivity contribution in [2.45, 2.75) is 0 Å². The summed E-state index contributed by atoms with van der Waals surface area (Å²) >= 11 is 5.68. The summed E-state index contributed by atoms with van der Waals surface area (Å²) in [6.45, 7) is 0. The number of carbonyl (C=O) groups excluding carboxylic acids is 2. The maximum absolute atomic E-state index is 12.0. The number of methoxy groups -OCH3 is 1. The van der Waals surface area contributed by atoms with Crippen molar-refractivity contribution in [3.63, 3.8) is 0 Å². The van der Waals surface area contributed by atoms with Gasteiger partial charge in [0.15, 0.2) is 0 Å². The number of hydrazine groups is 1. The lowest BCUT2D eigenvalue weighted by Crippen LogP contribution is -2.40. The van der Waals surface area contributed by atoms with Gasteiger partial charge in [-0.15, -0.1) is 0 Å². The number of hydrogen-bond donors (Lipinski definition) is 2. The number of halogens is 1. The van der Waals surface area contributed by atoms with Crippen molar-refractivity contribution in [1.82, 2.24) is 10.9 Å². The van der Waals surface area contributed by atoms with Crippen LogP contribution in [0.25, 0.3) is 6.08 Å². The monoisotopic (exact) mass is 375 g/mol. The largest absolute Gasteiger partial charge is 0.497 e. The van der Waals surface area contributed by atoms with Crippen LogP contribution in [0, 0.1) is 10.1 Å². The molecule has 0 aliphatic carbocycles. The van der Waals surface area contributed by atoms with Gasteiger partial charge in [0.1, 0.15) is 10.8 Å². The molecule has 0 fully saturated rings. The van der Waals surface area contributed by atoms with Gasteiger partial charge in [-0.3, -0.25) is 30.6 Å². The molecule has 0 bridgehead atoms. The molecule has 0 aliphatic rings. The topological polar surface area (TPSA) is 111 Å². The summed E-state index contributed by atoms with van der Waals surface area (Å²) < 4.78 is 5.03. The van der Waals surface area contributed by atoms with Crippen LogP contribution < -0.4 is 15.6 Å². The number of ether oxygens (including phenoxy) is 1. The highest BCUT2D eigenvalue weighted by atomic mass is 35.5. The highest BCUT2D eigenvalue weighted by Gasteiger charge is 2.16. The zero-order chi connectivity index (χ0) is 19.1. The molecule has 0 aromatic heterocycles. The first kappa shape index (κ1) is 18.9. The fraction of sp³-hybridized carbons (Fsp3) is 0.0588. The van der Waals surface area contributed by atoms with Crippen molar-refractivity contribution in [2.75, 3.05) is 7.11 Å². The number of benzene rings is 2. The standard InChI is InChI=1S/C17H14ClN3O5/c1-26-13-6-2-11(3-7-13)4-9-16(22)19-20-17(23)12-5-8-14(18)15(10-12)21(24)25/h2-10H,1H3,(H,19,22)(H,20,23)/b9-4+. The second-order valence-corrected chi connectivity index (χ2v) is 5.38. The van der Waals surface area contributed by atoms with Crippen molar-refractivity contribution in [3.05, 3.63) is 74.8 Å². The molecule has 0 spiro atoms. The van der Waals surface area contributed by atoms with Gasteiger partial charge < -0.3 is 4.74 Å². The van der Waals surface area contributed by atoms with Crippen LogP contribution >= 0.6 is 11.6 Å². The molecule has 0 unspecified atom stereocenters. The van der Waals surface area contributed by atoms with E-state index in [9.17, 15) is 19.7 Å². The van der Waals surface area contributed by atoms with Crippen LogP contribution in [0.4, 0.5) is 5.69 Å². The molecular weight excluding hydrogens is 362 g/mol. The molecule has 134 valence electrons. The molecule has 2 amide bonds. The zero-order valence-corrected chi connectivity index (χ0v) is 14.3. The molecule has 0 aliphatic heterocycles. The van der Waals surface area contributed by atoms with Crippen LogP contribution in [0.5, 0.6) is 5.75 Å². The molecule has 2 rings (SSSR count). The smallest absolute Gasteiger partial charge is 0.288 e. The number of carbonyl (C=O) groups is 2. The first-order chi connectivity index (χ1) is 12.4. The van der Waals surface area contributed by atoms with Crippen LogP contribution in [0.2, 0.25) is 5.02 Å². The first-order valence-corrected chi connectivity index (χ1v) is 7.65. The van der Waals surface area contributed by atoms with E-state index >= 15 is 0 Å². The highest BCUT2D eigenvalue weighted by Crippen LogP contribution is 2.24. The molecule has 0 saturated heterocycles. The number of rotatable bonds is 5. The van der Waals surface area contributed by atoms with Gasteiger partial charge in [0.2, 0.25) is 0 Å². The zero-order valence-electron chi connectivity index (χ0n) is 13.6. The fourth-order valence-electron chi connectivity index (χ4n) is 1.91. The van der Waals surface area contributed by atoms with Crippen molar-refractivity contribution in [3.8, 4) is 5.75 Å². The lowest BCUT2D eigenvalue weighted by molar-refractivity contribution is -0.384. The fourth-order valence-corrected chi connectivity index (χ4v) is 2.10. The maximum atomic E-state index is 12.0. The summed E-state index contributed by atoms with van der Waals surface area (Å²) in [6.07, 6.45) is 2.78. The number of amides is 2. The van der Waals surface area contributed by atoms with Gasteiger partial charge in [0, 0.05) is 17.7 Å². The first-order valence-electron chi connectivity index (χ1n) is 7.27. The molecule has 0 heterocycles. The third-order valence-electron chi connectivity index (χ3n) is 3.25. The minimum atomic E-state index is -0.712. The minimum absolute atomic E-state index is 0.0134. The van der Waals surface area contributed by atoms with E-state index in [1.807, 2.05) is 0 Å². The van der Waals surface area contributed by atoms with Gasteiger partial charge >= 0.3 is 0 Å². The van der Waals surface area contributed by atoms with E-state index in [0.29, 0.717) is 5.75 Å². The molecule has 0 atom stereocenters. The van der Waals surface area contributed by atoms with Gasteiger partial charge in [0.25, 0.3) is 17.5 Å². The number of nitrogens with zero attached hydrogens (tertiary/aromatic N) is 1. The van der Waals surface area contributed by atoms with Gasteiger partial charge in [-0.25, -0.2) is 0 Å². The molecule has 26 heavy (non-hydrogen) atoms. The quantitative estimate of drug-likeness (QED) is 0.474. The molecule has 0 saturated carbocycles. The summed E-state index contributed by atoms with van der Waals surface area (Å²) in [5.41, 5.74) is 4.70. The van der Waals surface area contributed by atoms with Gasteiger partial charge in [0.05, 0.1) is 12.0 Å². The van der Waals surface area contributed by atoms with Gasteiger partial charge in [-0.05, 0) is 35.9 Å². The number of nitro groups is 1. The molecule has 8 nitrogen and oxygen atoms in total. The lowest BCUT2D eigenvalue weighted by Gasteiger charge is -2.05. The Morgan fingerprint density at radius 1 is 1.15 bits per heavy atom. The third-order valence-corrected chi connectivity index (χ3v) is 3.57. The van der Waals surface area contributed by atoms with E-state index < -0.39 is 22.4 Å². The van der Waals surface area contributed by atoms with E-state index in [2.05, 4.69) is 10.9 Å². The second-order valence-electron chi connectivity index (χ2n) is 4.97. The Labute approximate surface area is 153 Å². The summed E-state index contributed by atoms with van der Waals surface area (Å²) in [7, 11) is 1.55. The van der Waals surface area contributed by atoms with Crippen LogP contribution in [0.1, 0.15) is 15.9 Å². The van der Waals surface area contributed by atoms with Gasteiger partial charge in [-0.2, -0.15) is 0 Å². The van der Waals surface area contributed by atoms with E-state index in [-0.39, 0.29) is 10.6 Å². The Morgan fingerprint density at radius 2 is 1.85 bits per heavy atom. The Bertz CT molecular complexity index is 865. The second kappa shape index (κ2) is 8.63. The normalized spacial score (nSPS) is 10.4. The van der Waals surface area contributed by atoms with E-state index in [1.54, 1.807) is 37.5 Å². The lowest BCUT2D eigenvalue weighted by atomic mass is 10.2. The van der Waals surface area contributed by atoms with Crippen molar-refractivity contribution in [2.24, 2.45) is 0 Å². The molecule has 2 aromatic rings. The highest BCUT2D eigenvalue weighted by molar-refractivity contribution is 6.32. The predicted octanol–water partition coefficient (Wildman–Crippen LogP) is 2.73. The van der Waals surface area contributed by atoms with Crippen LogP contribution in [0.15, 0.2) is 48.5 Å². The molecule has 2 N–H and O–H groups in total. The maximum Gasteiger partial charge on any atom is 0.288 e. The molecule has 2 aromatic carbocycles. The average Bonchev–Trinajstić information content (AvgIpc) is 2.64. The number of nitro benzene ring substituents is 1. The SMILES string of the molecule is COc1ccc(/C=C/C(=O)NNC(=O)c2ccc(Cl)c([N+](=O)[O-])c2)cc1.